The van der Waals surface area contributed by atoms with Crippen LogP contribution in [0.2, 0.25) is 0 Å². The molecule has 1 heterocycles. The van der Waals surface area contributed by atoms with Crippen molar-refractivity contribution in [2.45, 2.75) is 43.5 Å². The molecule has 0 aromatic heterocycles. The summed E-state index contributed by atoms with van der Waals surface area (Å²) in [4.78, 5) is 0. The van der Waals surface area contributed by atoms with Crippen molar-refractivity contribution in [3.63, 3.8) is 0 Å². The van der Waals surface area contributed by atoms with Gasteiger partial charge in [-0.15, -0.1) is 0 Å². The minimum Gasteiger partial charge on any atom is -0.508 e. The summed E-state index contributed by atoms with van der Waals surface area (Å²) >= 11 is 0. The molecule has 1 aromatic carbocycles. The van der Waals surface area contributed by atoms with E-state index in [1.165, 1.54) is 19.9 Å². The van der Waals surface area contributed by atoms with E-state index in [2.05, 4.69) is 15.8 Å². The van der Waals surface area contributed by atoms with Crippen molar-refractivity contribution >= 4 is 6.21 Å². The Hall–Kier alpha value is -2.55. The summed E-state index contributed by atoms with van der Waals surface area (Å²) in [5.41, 5.74) is -0.899. The Balaban J connectivity index is 1.82. The van der Waals surface area contributed by atoms with Gasteiger partial charge in [0.1, 0.15) is 11.6 Å². The van der Waals surface area contributed by atoms with Gasteiger partial charge in [0.2, 0.25) is 0 Å². The lowest BCUT2D eigenvalue weighted by molar-refractivity contribution is -0.264. The molecule has 3 atom stereocenters. The van der Waals surface area contributed by atoms with Crippen molar-refractivity contribution in [2.24, 2.45) is 11.0 Å². The highest BCUT2D eigenvalue weighted by atomic mass is 19.4. The number of aromatic hydroxyl groups is 1. The monoisotopic (exact) mass is 413 g/mol. The summed E-state index contributed by atoms with van der Waals surface area (Å²) in [7, 11) is 0. The van der Waals surface area contributed by atoms with E-state index in [4.69, 9.17) is 0 Å². The molecule has 0 radical (unpaired) electrons. The lowest BCUT2D eigenvalue weighted by Gasteiger charge is -2.39. The molecule has 1 aliphatic heterocycles. The maximum Gasteiger partial charge on any atom is 0.418 e. The van der Waals surface area contributed by atoms with Gasteiger partial charge in [-0.3, -0.25) is 0 Å². The molecule has 3 rings (SSSR count). The lowest BCUT2D eigenvalue weighted by atomic mass is 9.74. The minimum absolute atomic E-state index is 0.119. The Kier molecular flexibility index (Phi) is 5.38. The van der Waals surface area contributed by atoms with Gasteiger partial charge in [0.25, 0.3) is 0 Å². The third-order valence-corrected chi connectivity index (χ3v) is 5.33. The van der Waals surface area contributed by atoms with E-state index < -0.39 is 41.7 Å². The van der Waals surface area contributed by atoms with Crippen LogP contribution in [0.25, 0.3) is 0 Å². The predicted octanol–water partition coefficient (Wildman–Crippen LogP) is 3.11. The van der Waals surface area contributed by atoms with Crippen LogP contribution in [-0.2, 0) is 5.41 Å². The Bertz CT molecular complexity index is 864. The molecule has 4 N–H and O–H groups in total. The maximum atomic E-state index is 13.9. The van der Waals surface area contributed by atoms with Crippen molar-refractivity contribution in [3.8, 4) is 5.75 Å². The Morgan fingerprint density at radius 3 is 2.62 bits per heavy atom. The molecule has 0 fully saturated rings. The maximum absolute atomic E-state index is 13.9. The van der Waals surface area contributed by atoms with Gasteiger partial charge in [0.15, 0.2) is 5.60 Å². The number of nitrogens with zero attached hydrogens (tertiary/aromatic N) is 1. The quantitative estimate of drug-likeness (QED) is 0.541. The molecule has 0 saturated carbocycles. The third-order valence-electron chi connectivity index (χ3n) is 5.33. The second kappa shape index (κ2) is 7.37. The Morgan fingerprint density at radius 1 is 1.24 bits per heavy atom. The van der Waals surface area contributed by atoms with Gasteiger partial charge in [-0.1, -0.05) is 32.1 Å². The predicted molar refractivity (Wildman–Crippen MR) is 101 cm³/mol. The minimum atomic E-state index is -4.93. The smallest absolute Gasteiger partial charge is 0.418 e. The number of alkyl halides is 3. The summed E-state index contributed by atoms with van der Waals surface area (Å²) < 4.78 is 54.8. The third kappa shape index (κ3) is 4.24. The van der Waals surface area contributed by atoms with Crippen molar-refractivity contribution in [3.05, 3.63) is 53.5 Å². The average molecular weight is 413 g/mol. The number of fused-ring (bicyclic) bond motifs is 1. The number of phenols is 1. The number of hydrazone groups is 1. The fourth-order valence-corrected chi connectivity index (χ4v) is 3.80. The van der Waals surface area contributed by atoms with Crippen LogP contribution in [0, 0.1) is 11.7 Å². The molecule has 1 aliphatic carbocycles. The van der Waals surface area contributed by atoms with Crippen molar-refractivity contribution in [1.29, 1.82) is 0 Å². The standard InChI is InChI=1S/C20H23F4N3O2/c1-18(2,14-7-6-12(21)8-17(14)28)10-19(29,20(22,23)24)11-25-15-4-3-5-16-13(15)9-26-27-16/h3-9,13,16,25,27-29H,10-11H2,1-2H3. The first kappa shape index (κ1) is 21.2. The number of hydrogen-bond acceptors (Lipinski definition) is 5. The molecule has 0 spiro atoms. The number of aliphatic hydroxyl groups is 1. The molecule has 3 unspecified atom stereocenters. The van der Waals surface area contributed by atoms with E-state index in [1.54, 1.807) is 18.4 Å². The molecule has 1 aromatic rings. The molecule has 158 valence electrons. The highest BCUT2D eigenvalue weighted by Gasteiger charge is 2.56. The second-order valence-electron chi connectivity index (χ2n) is 8.07. The molecule has 0 bridgehead atoms. The fraction of sp³-hybridized carbons (Fsp3) is 0.450. The van der Waals surface area contributed by atoms with Gasteiger partial charge in [-0.25, -0.2) is 4.39 Å². The van der Waals surface area contributed by atoms with Crippen molar-refractivity contribution in [1.82, 2.24) is 10.7 Å². The van der Waals surface area contributed by atoms with Crippen LogP contribution < -0.4 is 10.7 Å². The van der Waals surface area contributed by atoms with Crippen LogP contribution in [0.1, 0.15) is 25.8 Å². The van der Waals surface area contributed by atoms with Crippen LogP contribution in [-0.4, -0.2) is 40.8 Å². The van der Waals surface area contributed by atoms with Crippen molar-refractivity contribution < 1.29 is 27.8 Å². The SMILES string of the molecule is CC(C)(CC(O)(CNC1=CC=CC2NN=CC12)C(F)(F)F)c1ccc(F)cc1O. The zero-order chi connectivity index (χ0) is 21.4. The molecule has 2 aliphatic rings. The van der Waals surface area contributed by atoms with E-state index in [1.807, 2.05) is 6.08 Å². The van der Waals surface area contributed by atoms with Gasteiger partial charge in [0.05, 0.1) is 18.5 Å². The van der Waals surface area contributed by atoms with Gasteiger partial charge in [0, 0.05) is 18.0 Å². The van der Waals surface area contributed by atoms with Crippen LogP contribution in [0.4, 0.5) is 17.6 Å². The zero-order valence-corrected chi connectivity index (χ0v) is 16.0. The number of rotatable bonds is 6. The van der Waals surface area contributed by atoms with E-state index in [-0.39, 0.29) is 17.5 Å². The summed E-state index contributed by atoms with van der Waals surface area (Å²) in [5.74, 6) is -1.40. The molecular weight excluding hydrogens is 390 g/mol. The van der Waals surface area contributed by atoms with Gasteiger partial charge < -0.3 is 21.0 Å². The van der Waals surface area contributed by atoms with Crippen LogP contribution >= 0.6 is 0 Å². The highest BCUT2D eigenvalue weighted by molar-refractivity contribution is 5.69. The fourth-order valence-electron chi connectivity index (χ4n) is 3.80. The first-order valence-electron chi connectivity index (χ1n) is 9.12. The molecule has 5 nitrogen and oxygen atoms in total. The lowest BCUT2D eigenvalue weighted by Crippen LogP contribution is -2.55. The number of halogens is 4. The number of nitrogens with one attached hydrogen (secondary N) is 2. The topological polar surface area (TPSA) is 76.9 Å². The summed E-state index contributed by atoms with van der Waals surface area (Å²) in [5, 5.41) is 27.3. The van der Waals surface area contributed by atoms with Crippen LogP contribution in [0.5, 0.6) is 5.75 Å². The van der Waals surface area contributed by atoms with Gasteiger partial charge in [-0.2, -0.15) is 18.3 Å². The first-order valence-corrected chi connectivity index (χ1v) is 9.12. The first-order chi connectivity index (χ1) is 13.4. The number of benzene rings is 1. The second-order valence-corrected chi connectivity index (χ2v) is 8.07. The van der Waals surface area contributed by atoms with Crippen LogP contribution in [0.15, 0.2) is 47.2 Å². The molecule has 0 saturated heterocycles. The molecular formula is C20H23F4N3O2. The Labute approximate surface area is 165 Å². The molecule has 29 heavy (non-hydrogen) atoms. The highest BCUT2D eigenvalue weighted by Crippen LogP contribution is 2.43. The summed E-state index contributed by atoms with van der Waals surface area (Å²) in [6.45, 7) is 2.14. The van der Waals surface area contributed by atoms with Gasteiger partial charge in [-0.05, 0) is 29.5 Å². The average Bonchev–Trinajstić information content (AvgIpc) is 3.07. The number of hydrogen-bond donors (Lipinski definition) is 4. The van der Waals surface area contributed by atoms with E-state index in [9.17, 15) is 27.8 Å². The zero-order valence-electron chi connectivity index (χ0n) is 16.0. The normalized spacial score (nSPS) is 23.2. The van der Waals surface area contributed by atoms with E-state index in [0.29, 0.717) is 5.70 Å². The van der Waals surface area contributed by atoms with Gasteiger partial charge >= 0.3 is 6.18 Å². The van der Waals surface area contributed by atoms with E-state index in [0.717, 1.165) is 12.1 Å². The molecule has 0 amide bonds. The number of phenolic OH excluding ortho intramolecular Hbond substituents is 1. The molecule has 9 heteroatoms. The van der Waals surface area contributed by atoms with Crippen LogP contribution in [0.3, 0.4) is 0 Å². The largest absolute Gasteiger partial charge is 0.508 e. The number of allylic oxidation sites excluding steroid dienone is 2. The summed E-state index contributed by atoms with van der Waals surface area (Å²) in [6.07, 6.45) is 1.13. The Morgan fingerprint density at radius 2 is 1.97 bits per heavy atom. The summed E-state index contributed by atoms with van der Waals surface area (Å²) in [6, 6.07) is 2.99. The van der Waals surface area contributed by atoms with Crippen molar-refractivity contribution in [2.75, 3.05) is 6.54 Å². The van der Waals surface area contributed by atoms with E-state index >= 15 is 0 Å².